The van der Waals surface area contributed by atoms with Gasteiger partial charge in [-0.05, 0) is 30.0 Å². The van der Waals surface area contributed by atoms with E-state index in [4.69, 9.17) is 5.11 Å². The molecule has 0 aliphatic carbocycles. The fourth-order valence-electron chi connectivity index (χ4n) is 2.29. The molecule has 1 aliphatic rings. The molecule has 7 heteroatoms. The number of halogens is 1. The molecule has 0 amide bonds. The van der Waals surface area contributed by atoms with Gasteiger partial charge in [0.05, 0.1) is 10.5 Å². The monoisotopic (exact) mass is 301 g/mol. The van der Waals surface area contributed by atoms with Crippen LogP contribution in [0.15, 0.2) is 23.1 Å². The summed E-state index contributed by atoms with van der Waals surface area (Å²) in [5, 5.41) is 9.06. The van der Waals surface area contributed by atoms with Crippen molar-refractivity contribution < 1.29 is 22.7 Å². The van der Waals surface area contributed by atoms with E-state index in [1.54, 1.807) is 0 Å². The molecule has 5 nitrogen and oxygen atoms in total. The van der Waals surface area contributed by atoms with Gasteiger partial charge in [0, 0.05) is 13.1 Å². The number of carboxylic acid groups (broad SMARTS) is 1. The molecular weight excluding hydrogens is 285 g/mol. The van der Waals surface area contributed by atoms with E-state index in [9.17, 15) is 17.6 Å². The third-order valence-electron chi connectivity index (χ3n) is 3.43. The van der Waals surface area contributed by atoms with Gasteiger partial charge in [-0.2, -0.15) is 4.31 Å². The zero-order valence-electron chi connectivity index (χ0n) is 11.3. The Labute approximate surface area is 117 Å². The van der Waals surface area contributed by atoms with Crippen molar-refractivity contribution in [2.45, 2.75) is 25.2 Å². The minimum absolute atomic E-state index is 0.163. The third-order valence-corrected chi connectivity index (χ3v) is 5.32. The second-order valence-corrected chi connectivity index (χ2v) is 7.60. The molecule has 1 fully saturated rings. The van der Waals surface area contributed by atoms with Crippen LogP contribution in [0, 0.1) is 11.2 Å². The largest absolute Gasteiger partial charge is 0.478 e. The summed E-state index contributed by atoms with van der Waals surface area (Å²) in [6.07, 6.45) is 0.684. The predicted octanol–water partition coefficient (Wildman–Crippen LogP) is 1.94. The number of carboxylic acids is 1. The molecule has 1 aliphatic heterocycles. The number of hydrogen-bond acceptors (Lipinski definition) is 3. The number of sulfonamides is 1. The normalized spacial score (nSPS) is 19.1. The van der Waals surface area contributed by atoms with Crippen molar-refractivity contribution >= 4 is 16.0 Å². The van der Waals surface area contributed by atoms with Gasteiger partial charge < -0.3 is 5.11 Å². The van der Waals surface area contributed by atoms with Crippen LogP contribution in [0.2, 0.25) is 0 Å². The van der Waals surface area contributed by atoms with E-state index in [-0.39, 0.29) is 5.41 Å². The summed E-state index contributed by atoms with van der Waals surface area (Å²) in [6, 6.07) is 2.69. The van der Waals surface area contributed by atoms with Crippen LogP contribution in [-0.2, 0) is 10.0 Å². The summed E-state index contributed by atoms with van der Waals surface area (Å²) in [4.78, 5) is 10.6. The van der Waals surface area contributed by atoms with Crippen molar-refractivity contribution in [2.75, 3.05) is 13.1 Å². The molecule has 0 spiro atoms. The molecular formula is C13H16FNO4S. The van der Waals surface area contributed by atoms with Crippen molar-refractivity contribution in [1.29, 1.82) is 0 Å². The van der Waals surface area contributed by atoms with Gasteiger partial charge in [-0.3, -0.25) is 0 Å². The van der Waals surface area contributed by atoms with E-state index < -0.39 is 32.3 Å². The van der Waals surface area contributed by atoms with Crippen molar-refractivity contribution in [3.63, 3.8) is 0 Å². The highest BCUT2D eigenvalue weighted by molar-refractivity contribution is 7.89. The highest BCUT2D eigenvalue weighted by Gasteiger charge is 2.38. The molecule has 0 atom stereocenters. The molecule has 0 saturated carbocycles. The first-order chi connectivity index (χ1) is 9.13. The summed E-state index contributed by atoms with van der Waals surface area (Å²) >= 11 is 0. The summed E-state index contributed by atoms with van der Waals surface area (Å²) in [7, 11) is -4.00. The Morgan fingerprint density at radius 3 is 2.55 bits per heavy atom. The third kappa shape index (κ3) is 2.69. The van der Waals surface area contributed by atoms with E-state index in [2.05, 4.69) is 0 Å². The number of rotatable bonds is 3. The van der Waals surface area contributed by atoms with E-state index in [1.807, 2.05) is 13.8 Å². The van der Waals surface area contributed by atoms with Crippen LogP contribution in [0.4, 0.5) is 4.39 Å². The standard InChI is InChI=1S/C13H16FNO4S/c1-13(2)5-6-15(8-13)20(18,19)11-7-9(14)3-4-10(11)12(16)17/h3-4,7H,5-6,8H2,1-2H3,(H,16,17). The van der Waals surface area contributed by atoms with Crippen LogP contribution in [-0.4, -0.2) is 36.9 Å². The fourth-order valence-corrected chi connectivity index (χ4v) is 4.12. The van der Waals surface area contributed by atoms with Crippen molar-refractivity contribution in [3.8, 4) is 0 Å². The summed E-state index contributed by atoms with van der Waals surface area (Å²) in [6.45, 7) is 4.48. The van der Waals surface area contributed by atoms with Gasteiger partial charge in [-0.15, -0.1) is 0 Å². The molecule has 1 aromatic carbocycles. The Balaban J connectivity index is 2.50. The maximum atomic E-state index is 13.3. The highest BCUT2D eigenvalue weighted by atomic mass is 32.2. The molecule has 0 unspecified atom stereocenters. The van der Waals surface area contributed by atoms with Gasteiger partial charge in [0.25, 0.3) is 0 Å². The van der Waals surface area contributed by atoms with Crippen LogP contribution in [0.3, 0.4) is 0 Å². The van der Waals surface area contributed by atoms with Gasteiger partial charge in [0.2, 0.25) is 10.0 Å². The first kappa shape index (κ1) is 14.9. The lowest BCUT2D eigenvalue weighted by Gasteiger charge is -2.20. The average Bonchev–Trinajstić information content (AvgIpc) is 2.70. The summed E-state index contributed by atoms with van der Waals surface area (Å²) < 4.78 is 39.5. The maximum Gasteiger partial charge on any atom is 0.337 e. The van der Waals surface area contributed by atoms with E-state index in [0.29, 0.717) is 19.5 Å². The molecule has 0 radical (unpaired) electrons. The smallest absolute Gasteiger partial charge is 0.337 e. The highest BCUT2D eigenvalue weighted by Crippen LogP contribution is 2.33. The van der Waals surface area contributed by atoms with Crippen LogP contribution < -0.4 is 0 Å². The predicted molar refractivity (Wildman–Crippen MR) is 70.5 cm³/mol. The minimum atomic E-state index is -4.00. The number of nitrogens with zero attached hydrogens (tertiary/aromatic N) is 1. The lowest BCUT2D eigenvalue weighted by molar-refractivity contribution is 0.0692. The molecule has 110 valence electrons. The number of carbonyl (C=O) groups is 1. The topological polar surface area (TPSA) is 74.7 Å². The second-order valence-electron chi connectivity index (χ2n) is 5.70. The molecule has 2 rings (SSSR count). The Kier molecular flexibility index (Phi) is 3.60. The SMILES string of the molecule is CC1(C)CCN(S(=O)(=O)c2cc(F)ccc2C(=O)O)C1. The molecule has 1 saturated heterocycles. The van der Waals surface area contributed by atoms with Gasteiger partial charge in [0.1, 0.15) is 5.82 Å². The van der Waals surface area contributed by atoms with Crippen LogP contribution in [0.5, 0.6) is 0 Å². The van der Waals surface area contributed by atoms with Crippen molar-refractivity contribution in [1.82, 2.24) is 4.31 Å². The molecule has 1 heterocycles. The van der Waals surface area contributed by atoms with Crippen molar-refractivity contribution in [3.05, 3.63) is 29.6 Å². The van der Waals surface area contributed by atoms with Gasteiger partial charge in [0.15, 0.2) is 0 Å². The molecule has 0 bridgehead atoms. The first-order valence-electron chi connectivity index (χ1n) is 6.16. The maximum absolute atomic E-state index is 13.3. The lowest BCUT2D eigenvalue weighted by Crippen LogP contribution is -2.31. The average molecular weight is 301 g/mol. The molecule has 1 aromatic rings. The number of aromatic carboxylic acids is 1. The minimum Gasteiger partial charge on any atom is -0.478 e. The van der Waals surface area contributed by atoms with E-state index in [0.717, 1.165) is 18.2 Å². The molecule has 0 aromatic heterocycles. The Morgan fingerprint density at radius 1 is 1.40 bits per heavy atom. The zero-order valence-corrected chi connectivity index (χ0v) is 12.1. The Morgan fingerprint density at radius 2 is 2.05 bits per heavy atom. The Bertz CT molecular complexity index is 654. The summed E-state index contributed by atoms with van der Waals surface area (Å²) in [5.41, 5.74) is -0.569. The van der Waals surface area contributed by atoms with Crippen LogP contribution in [0.25, 0.3) is 0 Å². The summed E-state index contributed by atoms with van der Waals surface area (Å²) in [5.74, 6) is -2.16. The number of benzene rings is 1. The van der Waals surface area contributed by atoms with Gasteiger partial charge in [-0.1, -0.05) is 13.8 Å². The lowest BCUT2D eigenvalue weighted by atomic mass is 9.93. The Hall–Kier alpha value is -1.47. The second kappa shape index (κ2) is 4.82. The molecule has 1 N–H and O–H groups in total. The quantitative estimate of drug-likeness (QED) is 0.926. The van der Waals surface area contributed by atoms with E-state index in [1.165, 1.54) is 4.31 Å². The van der Waals surface area contributed by atoms with E-state index >= 15 is 0 Å². The van der Waals surface area contributed by atoms with Gasteiger partial charge >= 0.3 is 5.97 Å². The molecule has 20 heavy (non-hydrogen) atoms. The zero-order chi connectivity index (χ0) is 15.1. The van der Waals surface area contributed by atoms with Gasteiger partial charge in [-0.25, -0.2) is 17.6 Å². The van der Waals surface area contributed by atoms with Crippen LogP contribution in [0.1, 0.15) is 30.6 Å². The van der Waals surface area contributed by atoms with Crippen LogP contribution >= 0.6 is 0 Å². The first-order valence-corrected chi connectivity index (χ1v) is 7.60. The van der Waals surface area contributed by atoms with Crippen molar-refractivity contribution in [2.24, 2.45) is 5.41 Å². The fraction of sp³-hybridized carbons (Fsp3) is 0.462. The number of hydrogen-bond donors (Lipinski definition) is 1.